The van der Waals surface area contributed by atoms with E-state index in [-0.39, 0.29) is 42.7 Å². The predicted molar refractivity (Wildman–Crippen MR) is 78.3 cm³/mol. The molecule has 0 radical (unpaired) electrons. The molecule has 5 nitrogen and oxygen atoms in total. The Morgan fingerprint density at radius 2 is 1.74 bits per heavy atom. The number of carbonyl (C=O) groups excluding carboxylic acids is 2. The van der Waals surface area contributed by atoms with E-state index < -0.39 is 5.41 Å². The lowest BCUT2D eigenvalue weighted by Gasteiger charge is -2.27. The van der Waals surface area contributed by atoms with Crippen molar-refractivity contribution in [2.75, 3.05) is 13.1 Å². The van der Waals surface area contributed by atoms with E-state index in [9.17, 15) is 9.59 Å². The van der Waals surface area contributed by atoms with Gasteiger partial charge in [0.25, 0.3) is 0 Å². The van der Waals surface area contributed by atoms with Gasteiger partial charge in [-0.1, -0.05) is 0 Å². The Labute approximate surface area is 121 Å². The molecule has 3 N–H and O–H groups in total. The van der Waals surface area contributed by atoms with E-state index in [2.05, 4.69) is 16.0 Å². The predicted octanol–water partition coefficient (Wildman–Crippen LogP) is 0.827. The maximum atomic E-state index is 12.3. The van der Waals surface area contributed by atoms with Crippen molar-refractivity contribution in [3.63, 3.8) is 0 Å². The summed E-state index contributed by atoms with van der Waals surface area (Å²) in [5.74, 6) is -0.0611. The smallest absolute Gasteiger partial charge is 0.228 e. The highest BCUT2D eigenvalue weighted by molar-refractivity contribution is 5.89. The molecule has 112 valence electrons. The minimum absolute atomic E-state index is 0. The summed E-state index contributed by atoms with van der Waals surface area (Å²) >= 11 is 0. The molecule has 1 atom stereocenters. The van der Waals surface area contributed by atoms with Crippen LogP contribution in [0.3, 0.4) is 0 Å². The monoisotopic (exact) mass is 291 g/mol. The van der Waals surface area contributed by atoms with Crippen LogP contribution >= 0.6 is 12.4 Å². The van der Waals surface area contributed by atoms with Crippen molar-refractivity contribution in [3.8, 4) is 0 Å². The minimum atomic E-state index is -0.580. The standard InChI is InChI=1S/C13H25N3O2.ClH/c1-9(2)15-11(17)7-13(5-6-14-8-13)12(18)16-10(3)4;/h9-10,14H,5-8H2,1-4H3,(H,15,17)(H,16,18);1H. The lowest BCUT2D eigenvalue weighted by molar-refractivity contribution is -0.136. The first-order valence-corrected chi connectivity index (χ1v) is 6.67. The first kappa shape index (κ1) is 18.2. The highest BCUT2D eigenvalue weighted by Gasteiger charge is 2.43. The fourth-order valence-electron chi connectivity index (χ4n) is 2.26. The summed E-state index contributed by atoms with van der Waals surface area (Å²) in [6, 6.07) is 0.209. The number of nitrogens with one attached hydrogen (secondary N) is 3. The Balaban J connectivity index is 0.00000324. The molecule has 0 spiro atoms. The van der Waals surface area contributed by atoms with Gasteiger partial charge in [0.05, 0.1) is 5.41 Å². The van der Waals surface area contributed by atoms with Gasteiger partial charge in [0.1, 0.15) is 0 Å². The van der Waals surface area contributed by atoms with Crippen LogP contribution in [0, 0.1) is 5.41 Å². The number of hydrogen-bond donors (Lipinski definition) is 3. The zero-order chi connectivity index (χ0) is 13.8. The van der Waals surface area contributed by atoms with Crippen LogP contribution in [0.1, 0.15) is 40.5 Å². The molecule has 0 bridgehead atoms. The van der Waals surface area contributed by atoms with E-state index in [1.54, 1.807) is 0 Å². The first-order valence-electron chi connectivity index (χ1n) is 6.67. The normalized spacial score (nSPS) is 22.2. The molecular formula is C13H26ClN3O2. The van der Waals surface area contributed by atoms with Crippen molar-refractivity contribution >= 4 is 24.2 Å². The molecule has 0 saturated carbocycles. The first-order chi connectivity index (χ1) is 8.35. The lowest BCUT2D eigenvalue weighted by atomic mass is 9.82. The van der Waals surface area contributed by atoms with Gasteiger partial charge in [-0.25, -0.2) is 0 Å². The fraction of sp³-hybridized carbons (Fsp3) is 0.846. The van der Waals surface area contributed by atoms with Crippen molar-refractivity contribution in [2.45, 2.75) is 52.6 Å². The van der Waals surface area contributed by atoms with E-state index in [1.165, 1.54) is 0 Å². The van der Waals surface area contributed by atoms with Crippen LogP contribution in [0.5, 0.6) is 0 Å². The van der Waals surface area contributed by atoms with E-state index in [1.807, 2.05) is 27.7 Å². The topological polar surface area (TPSA) is 70.2 Å². The molecule has 1 fully saturated rings. The zero-order valence-electron chi connectivity index (χ0n) is 12.2. The molecule has 1 aliphatic heterocycles. The van der Waals surface area contributed by atoms with Crippen LogP contribution in [0.2, 0.25) is 0 Å². The van der Waals surface area contributed by atoms with Crippen LogP contribution in [0.15, 0.2) is 0 Å². The van der Waals surface area contributed by atoms with E-state index in [0.717, 1.165) is 13.0 Å². The molecule has 6 heteroatoms. The third kappa shape index (κ3) is 5.37. The Morgan fingerprint density at radius 1 is 1.16 bits per heavy atom. The van der Waals surface area contributed by atoms with Gasteiger partial charge in [-0.15, -0.1) is 12.4 Å². The zero-order valence-corrected chi connectivity index (χ0v) is 13.0. The van der Waals surface area contributed by atoms with E-state index in [4.69, 9.17) is 0 Å². The molecule has 0 aliphatic carbocycles. The second kappa shape index (κ2) is 7.70. The summed E-state index contributed by atoms with van der Waals surface area (Å²) < 4.78 is 0. The van der Waals surface area contributed by atoms with Crippen molar-refractivity contribution in [1.29, 1.82) is 0 Å². The number of carbonyl (C=O) groups is 2. The maximum Gasteiger partial charge on any atom is 0.228 e. The highest BCUT2D eigenvalue weighted by Crippen LogP contribution is 2.30. The van der Waals surface area contributed by atoms with Crippen molar-refractivity contribution < 1.29 is 9.59 Å². The fourth-order valence-corrected chi connectivity index (χ4v) is 2.26. The van der Waals surface area contributed by atoms with E-state index >= 15 is 0 Å². The number of rotatable bonds is 5. The van der Waals surface area contributed by atoms with Crippen LogP contribution in [0.4, 0.5) is 0 Å². The third-order valence-electron chi connectivity index (χ3n) is 3.09. The quantitative estimate of drug-likeness (QED) is 0.703. The molecule has 1 aliphatic rings. The molecule has 1 saturated heterocycles. The molecule has 0 aromatic carbocycles. The maximum absolute atomic E-state index is 12.3. The van der Waals surface area contributed by atoms with Gasteiger partial charge in [-0.2, -0.15) is 0 Å². The van der Waals surface area contributed by atoms with E-state index in [0.29, 0.717) is 6.54 Å². The van der Waals surface area contributed by atoms with Crippen LogP contribution in [-0.2, 0) is 9.59 Å². The SMILES string of the molecule is CC(C)NC(=O)CC1(C(=O)NC(C)C)CCNC1.Cl. The second-order valence-corrected chi connectivity index (χ2v) is 5.73. The van der Waals surface area contributed by atoms with Crippen LogP contribution < -0.4 is 16.0 Å². The number of halogens is 1. The average molecular weight is 292 g/mol. The Hall–Kier alpha value is -0.810. The minimum Gasteiger partial charge on any atom is -0.354 e. The Bertz CT molecular complexity index is 313. The van der Waals surface area contributed by atoms with Gasteiger partial charge in [0.15, 0.2) is 0 Å². The molecule has 0 aromatic rings. The molecule has 19 heavy (non-hydrogen) atoms. The van der Waals surface area contributed by atoms with Crippen molar-refractivity contribution in [3.05, 3.63) is 0 Å². The van der Waals surface area contributed by atoms with Gasteiger partial charge >= 0.3 is 0 Å². The number of amides is 2. The molecule has 1 rings (SSSR count). The average Bonchev–Trinajstić information content (AvgIpc) is 2.64. The van der Waals surface area contributed by atoms with Crippen LogP contribution in [0.25, 0.3) is 0 Å². The summed E-state index contributed by atoms with van der Waals surface area (Å²) in [7, 11) is 0. The lowest BCUT2D eigenvalue weighted by Crippen LogP contribution is -2.48. The van der Waals surface area contributed by atoms with Crippen molar-refractivity contribution in [1.82, 2.24) is 16.0 Å². The van der Waals surface area contributed by atoms with Crippen molar-refractivity contribution in [2.24, 2.45) is 5.41 Å². The molecule has 1 heterocycles. The highest BCUT2D eigenvalue weighted by atomic mass is 35.5. The Kier molecular flexibility index (Phi) is 7.37. The molecular weight excluding hydrogens is 266 g/mol. The summed E-state index contributed by atoms with van der Waals surface area (Å²) in [6.45, 7) is 9.08. The summed E-state index contributed by atoms with van der Waals surface area (Å²) in [5, 5.41) is 8.97. The summed E-state index contributed by atoms with van der Waals surface area (Å²) in [6.07, 6.45) is 0.980. The van der Waals surface area contributed by atoms with Gasteiger partial charge in [-0.05, 0) is 40.7 Å². The summed E-state index contributed by atoms with van der Waals surface area (Å²) in [4.78, 5) is 24.2. The number of hydrogen-bond acceptors (Lipinski definition) is 3. The summed E-state index contributed by atoms with van der Waals surface area (Å²) in [5.41, 5.74) is -0.580. The van der Waals surface area contributed by atoms with Gasteiger partial charge < -0.3 is 16.0 Å². The van der Waals surface area contributed by atoms with Gasteiger partial charge in [0, 0.05) is 25.0 Å². The van der Waals surface area contributed by atoms with Crippen LogP contribution in [-0.4, -0.2) is 37.0 Å². The molecule has 2 amide bonds. The second-order valence-electron chi connectivity index (χ2n) is 5.73. The third-order valence-corrected chi connectivity index (χ3v) is 3.09. The largest absolute Gasteiger partial charge is 0.354 e. The van der Waals surface area contributed by atoms with Gasteiger partial charge in [0.2, 0.25) is 11.8 Å². The molecule has 1 unspecified atom stereocenters. The Morgan fingerprint density at radius 3 is 2.16 bits per heavy atom. The molecule has 0 aromatic heterocycles. The van der Waals surface area contributed by atoms with Gasteiger partial charge in [-0.3, -0.25) is 9.59 Å².